The summed E-state index contributed by atoms with van der Waals surface area (Å²) in [5.74, 6) is 0.305. The SMILES string of the molecule is O=C1CSC(N2N=C(c3ccccc3)CC2c2cccc3ccccc23)=N1. The molecule has 1 atom stereocenters. The van der Waals surface area contributed by atoms with Gasteiger partial charge in [0.25, 0.3) is 5.91 Å². The van der Waals surface area contributed by atoms with Crippen LogP contribution in [0.25, 0.3) is 10.8 Å². The third-order valence-corrected chi connectivity index (χ3v) is 5.87. The lowest BCUT2D eigenvalue weighted by molar-refractivity contribution is -0.115. The highest BCUT2D eigenvalue weighted by Crippen LogP contribution is 2.38. The Morgan fingerprint density at radius 2 is 1.70 bits per heavy atom. The van der Waals surface area contributed by atoms with Gasteiger partial charge < -0.3 is 0 Å². The summed E-state index contributed by atoms with van der Waals surface area (Å²) in [4.78, 5) is 15.9. The van der Waals surface area contributed by atoms with Gasteiger partial charge in [0.1, 0.15) is 0 Å². The highest BCUT2D eigenvalue weighted by atomic mass is 32.2. The number of benzene rings is 3. The molecular formula is C22H17N3OS. The van der Waals surface area contributed by atoms with E-state index in [1.807, 2.05) is 23.2 Å². The van der Waals surface area contributed by atoms with Crippen molar-refractivity contribution in [3.05, 3.63) is 83.9 Å². The minimum Gasteiger partial charge on any atom is -0.272 e. The Labute approximate surface area is 161 Å². The summed E-state index contributed by atoms with van der Waals surface area (Å²) in [6, 6.07) is 25.0. The number of carbonyl (C=O) groups excluding carboxylic acids is 1. The average Bonchev–Trinajstić information content (AvgIpc) is 3.34. The quantitative estimate of drug-likeness (QED) is 0.660. The van der Waals surface area contributed by atoms with Gasteiger partial charge in [-0.25, -0.2) is 5.01 Å². The number of carbonyl (C=O) groups is 1. The number of aliphatic imine (C=N–C) groups is 1. The first-order chi connectivity index (χ1) is 13.3. The number of thioether (sulfide) groups is 1. The Kier molecular flexibility index (Phi) is 4.02. The first-order valence-corrected chi connectivity index (χ1v) is 9.92. The third kappa shape index (κ3) is 2.94. The maximum Gasteiger partial charge on any atom is 0.258 e. The number of amidine groups is 1. The Balaban J connectivity index is 1.62. The molecule has 132 valence electrons. The normalized spacial score (nSPS) is 19.5. The summed E-state index contributed by atoms with van der Waals surface area (Å²) in [5.41, 5.74) is 3.35. The summed E-state index contributed by atoms with van der Waals surface area (Å²) in [7, 11) is 0. The lowest BCUT2D eigenvalue weighted by Crippen LogP contribution is -2.24. The summed E-state index contributed by atoms with van der Waals surface area (Å²) >= 11 is 1.47. The van der Waals surface area contributed by atoms with Gasteiger partial charge in [-0.2, -0.15) is 10.1 Å². The van der Waals surface area contributed by atoms with E-state index in [9.17, 15) is 4.79 Å². The standard InChI is InChI=1S/C22H17N3OS/c26-21-14-27-22(23-21)25-20(13-19(24-25)16-8-2-1-3-9-16)18-12-6-10-15-7-4-5-11-17(15)18/h1-12,20H,13-14H2. The molecule has 0 bridgehead atoms. The van der Waals surface area contributed by atoms with Gasteiger partial charge in [-0.15, -0.1) is 0 Å². The van der Waals surface area contributed by atoms with Crippen molar-refractivity contribution in [2.75, 3.05) is 5.75 Å². The van der Waals surface area contributed by atoms with Crippen LogP contribution in [0.2, 0.25) is 0 Å². The van der Waals surface area contributed by atoms with Crippen molar-refractivity contribution in [3.63, 3.8) is 0 Å². The minimum absolute atomic E-state index is 0.0310. The number of hydrogen-bond donors (Lipinski definition) is 0. The lowest BCUT2D eigenvalue weighted by Gasteiger charge is -2.24. The summed E-state index contributed by atoms with van der Waals surface area (Å²) in [5, 5.41) is 9.95. The third-order valence-electron chi connectivity index (χ3n) is 4.94. The highest BCUT2D eigenvalue weighted by molar-refractivity contribution is 8.14. The zero-order valence-corrected chi connectivity index (χ0v) is 15.4. The maximum atomic E-state index is 11.7. The van der Waals surface area contributed by atoms with Crippen LogP contribution in [0.5, 0.6) is 0 Å². The van der Waals surface area contributed by atoms with Gasteiger partial charge in [-0.05, 0) is 21.9 Å². The predicted octanol–water partition coefficient (Wildman–Crippen LogP) is 4.62. The van der Waals surface area contributed by atoms with Gasteiger partial charge in [-0.1, -0.05) is 84.6 Å². The van der Waals surface area contributed by atoms with Crippen molar-refractivity contribution in [1.82, 2.24) is 5.01 Å². The van der Waals surface area contributed by atoms with Crippen LogP contribution in [0.1, 0.15) is 23.6 Å². The van der Waals surface area contributed by atoms with Crippen LogP contribution in [-0.2, 0) is 4.79 Å². The molecule has 0 radical (unpaired) electrons. The Bertz CT molecular complexity index is 1090. The molecule has 2 heterocycles. The van der Waals surface area contributed by atoms with E-state index in [-0.39, 0.29) is 11.9 Å². The van der Waals surface area contributed by atoms with Gasteiger partial charge in [-0.3, -0.25) is 4.79 Å². The molecule has 0 saturated heterocycles. The monoisotopic (exact) mass is 371 g/mol. The van der Waals surface area contributed by atoms with Crippen LogP contribution < -0.4 is 0 Å². The molecular weight excluding hydrogens is 354 g/mol. The molecule has 4 nitrogen and oxygen atoms in total. The van der Waals surface area contributed by atoms with Crippen LogP contribution in [0.15, 0.2) is 82.9 Å². The van der Waals surface area contributed by atoms with E-state index >= 15 is 0 Å². The van der Waals surface area contributed by atoms with E-state index in [4.69, 9.17) is 5.10 Å². The van der Waals surface area contributed by atoms with Crippen molar-refractivity contribution in [3.8, 4) is 0 Å². The molecule has 0 fully saturated rings. The number of nitrogens with zero attached hydrogens (tertiary/aromatic N) is 3. The second-order valence-electron chi connectivity index (χ2n) is 6.62. The second-order valence-corrected chi connectivity index (χ2v) is 7.56. The molecule has 1 unspecified atom stereocenters. The van der Waals surface area contributed by atoms with Crippen molar-refractivity contribution in [2.24, 2.45) is 10.1 Å². The van der Waals surface area contributed by atoms with Crippen LogP contribution in [0.4, 0.5) is 0 Å². The molecule has 0 N–H and O–H groups in total. The molecule has 5 heteroatoms. The van der Waals surface area contributed by atoms with E-state index in [2.05, 4.69) is 59.6 Å². The topological polar surface area (TPSA) is 45.0 Å². The summed E-state index contributed by atoms with van der Waals surface area (Å²) < 4.78 is 0. The number of rotatable bonds is 2. The molecule has 2 aliphatic rings. The molecule has 5 rings (SSSR count). The minimum atomic E-state index is -0.0879. The van der Waals surface area contributed by atoms with Crippen molar-refractivity contribution in [1.29, 1.82) is 0 Å². The van der Waals surface area contributed by atoms with E-state index in [1.54, 1.807) is 0 Å². The number of hydrazone groups is 1. The molecule has 3 aromatic rings. The number of amides is 1. The highest BCUT2D eigenvalue weighted by Gasteiger charge is 2.35. The van der Waals surface area contributed by atoms with Crippen LogP contribution in [0.3, 0.4) is 0 Å². The van der Waals surface area contributed by atoms with Crippen molar-refractivity contribution < 1.29 is 4.79 Å². The molecule has 3 aromatic carbocycles. The lowest BCUT2D eigenvalue weighted by atomic mass is 9.94. The van der Waals surface area contributed by atoms with E-state index in [0.29, 0.717) is 10.9 Å². The van der Waals surface area contributed by atoms with Crippen LogP contribution in [-0.4, -0.2) is 27.5 Å². The van der Waals surface area contributed by atoms with Gasteiger partial charge in [0.05, 0.1) is 17.5 Å². The molecule has 2 aliphatic heterocycles. The predicted molar refractivity (Wildman–Crippen MR) is 111 cm³/mol. The molecule has 0 spiro atoms. The largest absolute Gasteiger partial charge is 0.272 e. The van der Waals surface area contributed by atoms with E-state index < -0.39 is 0 Å². The second kappa shape index (κ2) is 6.67. The van der Waals surface area contributed by atoms with Crippen molar-refractivity contribution >= 4 is 39.3 Å². The zero-order valence-electron chi connectivity index (χ0n) is 14.6. The fourth-order valence-electron chi connectivity index (χ4n) is 3.69. The number of hydrogen-bond acceptors (Lipinski definition) is 4. The van der Waals surface area contributed by atoms with Crippen LogP contribution in [0, 0.1) is 0 Å². The van der Waals surface area contributed by atoms with Gasteiger partial charge in [0.2, 0.25) is 0 Å². The van der Waals surface area contributed by atoms with Crippen molar-refractivity contribution in [2.45, 2.75) is 12.5 Å². The number of fused-ring (bicyclic) bond motifs is 1. The smallest absolute Gasteiger partial charge is 0.258 e. The fourth-order valence-corrected chi connectivity index (χ4v) is 4.47. The fraction of sp³-hybridized carbons (Fsp3) is 0.136. The van der Waals surface area contributed by atoms with Gasteiger partial charge in [0, 0.05) is 6.42 Å². The average molecular weight is 371 g/mol. The van der Waals surface area contributed by atoms with E-state index in [0.717, 1.165) is 17.7 Å². The Hall–Kier alpha value is -2.92. The zero-order chi connectivity index (χ0) is 18.2. The maximum absolute atomic E-state index is 11.7. The van der Waals surface area contributed by atoms with E-state index in [1.165, 1.54) is 28.1 Å². The summed E-state index contributed by atoms with van der Waals surface area (Å²) in [6.07, 6.45) is 0.784. The molecule has 0 saturated carbocycles. The first-order valence-electron chi connectivity index (χ1n) is 8.94. The molecule has 0 aromatic heterocycles. The Morgan fingerprint density at radius 3 is 2.52 bits per heavy atom. The first kappa shape index (κ1) is 16.3. The van der Waals surface area contributed by atoms with Gasteiger partial charge >= 0.3 is 0 Å². The molecule has 0 aliphatic carbocycles. The Morgan fingerprint density at radius 1 is 0.926 bits per heavy atom. The van der Waals surface area contributed by atoms with Gasteiger partial charge in [0.15, 0.2) is 5.17 Å². The van der Waals surface area contributed by atoms with Crippen LogP contribution >= 0.6 is 11.8 Å². The molecule has 27 heavy (non-hydrogen) atoms. The summed E-state index contributed by atoms with van der Waals surface area (Å²) in [6.45, 7) is 0. The molecule has 1 amide bonds.